The largest absolute Gasteiger partial charge is 0.497 e. The second-order valence-electron chi connectivity index (χ2n) is 7.50. The van der Waals surface area contributed by atoms with Crippen molar-refractivity contribution in [2.24, 2.45) is 0 Å². The van der Waals surface area contributed by atoms with Gasteiger partial charge in [0.05, 0.1) is 7.11 Å². The maximum atomic E-state index is 12.5. The van der Waals surface area contributed by atoms with E-state index in [2.05, 4.69) is 55.6 Å². The smallest absolute Gasteiger partial charge is 0.265 e. The van der Waals surface area contributed by atoms with E-state index >= 15 is 0 Å². The zero-order valence-corrected chi connectivity index (χ0v) is 17.3. The molecule has 1 N–H and O–H groups in total. The van der Waals surface area contributed by atoms with Gasteiger partial charge in [-0.2, -0.15) is 0 Å². The first kappa shape index (κ1) is 20.5. The predicted octanol–water partition coefficient (Wildman–Crippen LogP) is 5.43. The molecule has 0 heterocycles. The number of methoxy groups -OCH3 is 1. The van der Waals surface area contributed by atoms with Crippen LogP contribution in [0.3, 0.4) is 0 Å². The zero-order chi connectivity index (χ0) is 20.9. The van der Waals surface area contributed by atoms with Gasteiger partial charge in [0, 0.05) is 17.2 Å². The number of carbonyl (C=O) groups is 1. The Balaban J connectivity index is 1.65. The number of rotatable bonds is 7. The normalized spacial score (nSPS) is 12.1. The summed E-state index contributed by atoms with van der Waals surface area (Å²) in [4.78, 5) is 12.5. The number of hydrogen-bond donors (Lipinski definition) is 1. The molecule has 0 radical (unpaired) electrons. The molecule has 4 nitrogen and oxygen atoms in total. The van der Waals surface area contributed by atoms with E-state index in [0.29, 0.717) is 17.2 Å². The lowest BCUT2D eigenvalue weighted by atomic mass is 9.78. The van der Waals surface area contributed by atoms with Crippen LogP contribution < -0.4 is 14.8 Å². The summed E-state index contributed by atoms with van der Waals surface area (Å²) in [6.07, 6.45) is -0.630. The van der Waals surface area contributed by atoms with Gasteiger partial charge >= 0.3 is 0 Å². The first-order valence-electron chi connectivity index (χ1n) is 9.68. The van der Waals surface area contributed by atoms with Crippen molar-refractivity contribution in [3.8, 4) is 11.5 Å². The van der Waals surface area contributed by atoms with Crippen molar-refractivity contribution in [1.29, 1.82) is 0 Å². The average molecular weight is 389 g/mol. The molecule has 0 saturated heterocycles. The highest BCUT2D eigenvalue weighted by Crippen LogP contribution is 2.32. The summed E-state index contributed by atoms with van der Waals surface area (Å²) in [7, 11) is 1.59. The van der Waals surface area contributed by atoms with Gasteiger partial charge in [-0.3, -0.25) is 4.79 Å². The molecule has 29 heavy (non-hydrogen) atoms. The van der Waals surface area contributed by atoms with Crippen LogP contribution in [-0.4, -0.2) is 19.1 Å². The first-order valence-corrected chi connectivity index (χ1v) is 9.68. The summed E-state index contributed by atoms with van der Waals surface area (Å²) in [6, 6.07) is 25.6. The van der Waals surface area contributed by atoms with Gasteiger partial charge in [-0.1, -0.05) is 62.4 Å². The van der Waals surface area contributed by atoms with Gasteiger partial charge < -0.3 is 14.8 Å². The average Bonchev–Trinajstić information content (AvgIpc) is 2.75. The fourth-order valence-corrected chi connectivity index (χ4v) is 3.17. The molecule has 150 valence electrons. The quantitative estimate of drug-likeness (QED) is 0.586. The molecule has 3 rings (SSSR count). The minimum atomic E-state index is -0.630. The fraction of sp³-hybridized carbons (Fsp3) is 0.240. The van der Waals surface area contributed by atoms with Gasteiger partial charge in [-0.05, 0) is 42.3 Å². The lowest BCUT2D eigenvalue weighted by molar-refractivity contribution is -0.122. The van der Waals surface area contributed by atoms with Crippen LogP contribution >= 0.6 is 0 Å². The number of ether oxygens (including phenoxy) is 2. The van der Waals surface area contributed by atoms with E-state index in [1.165, 1.54) is 11.1 Å². The monoisotopic (exact) mass is 389 g/mol. The highest BCUT2D eigenvalue weighted by Gasteiger charge is 2.23. The molecule has 0 aromatic heterocycles. The Hall–Kier alpha value is -3.27. The number of hydrogen-bond acceptors (Lipinski definition) is 3. The third kappa shape index (κ3) is 4.96. The number of benzene rings is 3. The minimum Gasteiger partial charge on any atom is -0.497 e. The molecule has 0 bridgehead atoms. The third-order valence-electron chi connectivity index (χ3n) is 5.09. The number of amides is 1. The third-order valence-corrected chi connectivity index (χ3v) is 5.09. The maximum Gasteiger partial charge on any atom is 0.265 e. The lowest BCUT2D eigenvalue weighted by Crippen LogP contribution is -2.30. The summed E-state index contributed by atoms with van der Waals surface area (Å²) < 4.78 is 11.0. The summed E-state index contributed by atoms with van der Waals surface area (Å²) in [5.41, 5.74) is 2.99. The highest BCUT2D eigenvalue weighted by atomic mass is 16.5. The van der Waals surface area contributed by atoms with Crippen molar-refractivity contribution < 1.29 is 14.3 Å². The number of anilines is 1. The topological polar surface area (TPSA) is 47.6 Å². The van der Waals surface area contributed by atoms with Crippen LogP contribution in [0.5, 0.6) is 11.5 Å². The Morgan fingerprint density at radius 1 is 0.862 bits per heavy atom. The molecular formula is C25H27NO3. The molecule has 0 spiro atoms. The van der Waals surface area contributed by atoms with E-state index in [4.69, 9.17) is 9.47 Å². The number of nitrogens with one attached hydrogen (secondary N) is 1. The molecule has 3 aromatic rings. The summed E-state index contributed by atoms with van der Waals surface area (Å²) in [5.74, 6) is 1.13. The molecule has 0 aliphatic heterocycles. The Labute approximate surface area is 172 Å². The van der Waals surface area contributed by atoms with Crippen LogP contribution in [0.2, 0.25) is 0 Å². The zero-order valence-electron chi connectivity index (χ0n) is 17.3. The Morgan fingerprint density at radius 2 is 1.52 bits per heavy atom. The molecule has 1 unspecified atom stereocenters. The second kappa shape index (κ2) is 8.82. The van der Waals surface area contributed by atoms with E-state index < -0.39 is 6.10 Å². The molecule has 1 atom stereocenters. The van der Waals surface area contributed by atoms with E-state index in [0.717, 1.165) is 0 Å². The number of carbonyl (C=O) groups excluding carboxylic acids is 1. The van der Waals surface area contributed by atoms with Gasteiger partial charge in [0.1, 0.15) is 11.5 Å². The fourth-order valence-electron chi connectivity index (χ4n) is 3.17. The van der Waals surface area contributed by atoms with E-state index in [9.17, 15) is 4.79 Å². The highest BCUT2D eigenvalue weighted by molar-refractivity contribution is 5.94. The summed E-state index contributed by atoms with van der Waals surface area (Å²) in [5, 5.41) is 2.85. The molecule has 3 aromatic carbocycles. The van der Waals surface area contributed by atoms with Crippen molar-refractivity contribution >= 4 is 11.6 Å². The summed E-state index contributed by atoms with van der Waals surface area (Å²) >= 11 is 0. The van der Waals surface area contributed by atoms with Crippen LogP contribution in [0.1, 0.15) is 31.9 Å². The second-order valence-corrected chi connectivity index (χ2v) is 7.50. The standard InChI is InChI=1S/C25H27NO3/c1-18(24(27)26-21-11-8-12-23(17-21)28-4)29-22-15-13-20(14-16-22)25(2,3)19-9-6-5-7-10-19/h5-18H,1-4H3,(H,26,27). The van der Waals surface area contributed by atoms with Crippen LogP contribution in [0.25, 0.3) is 0 Å². The van der Waals surface area contributed by atoms with Crippen molar-refractivity contribution in [1.82, 2.24) is 0 Å². The van der Waals surface area contributed by atoms with E-state index in [1.54, 1.807) is 20.1 Å². The van der Waals surface area contributed by atoms with Crippen LogP contribution in [0, 0.1) is 0 Å². The van der Waals surface area contributed by atoms with E-state index in [-0.39, 0.29) is 11.3 Å². The van der Waals surface area contributed by atoms with E-state index in [1.807, 2.05) is 36.4 Å². The Bertz CT molecular complexity index is 949. The van der Waals surface area contributed by atoms with Gasteiger partial charge in [-0.15, -0.1) is 0 Å². The molecule has 0 aliphatic rings. The lowest BCUT2D eigenvalue weighted by Gasteiger charge is -2.26. The summed E-state index contributed by atoms with van der Waals surface area (Å²) in [6.45, 7) is 6.13. The molecule has 0 aliphatic carbocycles. The van der Waals surface area contributed by atoms with Crippen LogP contribution in [0.4, 0.5) is 5.69 Å². The van der Waals surface area contributed by atoms with Crippen molar-refractivity contribution in [2.45, 2.75) is 32.3 Å². The molecule has 0 fully saturated rings. The molecule has 1 amide bonds. The van der Waals surface area contributed by atoms with Crippen LogP contribution in [0.15, 0.2) is 78.9 Å². The SMILES string of the molecule is COc1cccc(NC(=O)C(C)Oc2ccc(C(C)(C)c3ccccc3)cc2)c1. The molecular weight excluding hydrogens is 362 g/mol. The minimum absolute atomic E-state index is 0.116. The molecule has 0 saturated carbocycles. The molecule has 4 heteroatoms. The maximum absolute atomic E-state index is 12.5. The van der Waals surface area contributed by atoms with Gasteiger partial charge in [0.2, 0.25) is 0 Å². The van der Waals surface area contributed by atoms with Gasteiger partial charge in [0.15, 0.2) is 6.10 Å². The predicted molar refractivity (Wildman–Crippen MR) is 117 cm³/mol. The van der Waals surface area contributed by atoms with Crippen LogP contribution in [-0.2, 0) is 10.2 Å². The van der Waals surface area contributed by atoms with Gasteiger partial charge in [-0.25, -0.2) is 0 Å². The first-order chi connectivity index (χ1) is 13.9. The van der Waals surface area contributed by atoms with Crippen molar-refractivity contribution in [3.05, 3.63) is 90.0 Å². The Kier molecular flexibility index (Phi) is 6.23. The van der Waals surface area contributed by atoms with Crippen molar-refractivity contribution in [2.75, 3.05) is 12.4 Å². The van der Waals surface area contributed by atoms with Gasteiger partial charge in [0.25, 0.3) is 5.91 Å². The Morgan fingerprint density at radius 3 is 2.17 bits per heavy atom. The van der Waals surface area contributed by atoms with Crippen molar-refractivity contribution in [3.63, 3.8) is 0 Å².